The number of methoxy groups -OCH3 is 1. The van der Waals surface area contributed by atoms with Crippen LogP contribution in [-0.4, -0.2) is 62.9 Å². The summed E-state index contributed by atoms with van der Waals surface area (Å²) in [4.78, 5) is 8.90. The van der Waals surface area contributed by atoms with Crippen LogP contribution >= 0.6 is 0 Å². The second-order valence-corrected chi connectivity index (χ2v) is 7.20. The van der Waals surface area contributed by atoms with E-state index in [1.807, 2.05) is 36.4 Å². The summed E-state index contributed by atoms with van der Waals surface area (Å²) in [6, 6.07) is 13.5. The van der Waals surface area contributed by atoms with E-state index in [1.165, 1.54) is 0 Å². The molecule has 1 aliphatic heterocycles. The number of ether oxygens (including phenoxy) is 2. The van der Waals surface area contributed by atoms with Crippen LogP contribution in [0.3, 0.4) is 0 Å². The number of guanidine groups is 1. The zero-order valence-electron chi connectivity index (χ0n) is 18.1. The van der Waals surface area contributed by atoms with Gasteiger partial charge in [0.1, 0.15) is 5.75 Å². The van der Waals surface area contributed by atoms with Crippen LogP contribution in [0, 0.1) is 0 Å². The third-order valence-electron chi connectivity index (χ3n) is 5.15. The van der Waals surface area contributed by atoms with E-state index in [0.717, 1.165) is 61.3 Å². The van der Waals surface area contributed by atoms with Crippen LogP contribution in [-0.2, 0) is 6.54 Å². The fourth-order valence-electron chi connectivity index (χ4n) is 3.56. The van der Waals surface area contributed by atoms with Crippen molar-refractivity contribution < 1.29 is 14.6 Å². The van der Waals surface area contributed by atoms with Gasteiger partial charge in [0, 0.05) is 39.8 Å². The molecule has 2 N–H and O–H groups in total. The minimum atomic E-state index is 0.328. The minimum absolute atomic E-state index is 0.328. The van der Waals surface area contributed by atoms with Gasteiger partial charge in [-0.15, -0.1) is 0 Å². The van der Waals surface area contributed by atoms with E-state index >= 15 is 0 Å². The smallest absolute Gasteiger partial charge is 0.194 e. The van der Waals surface area contributed by atoms with Gasteiger partial charge in [0.25, 0.3) is 0 Å². The number of piperazine rings is 1. The molecule has 1 heterocycles. The number of hydrogen-bond acceptors (Lipinski definition) is 5. The molecule has 0 aliphatic carbocycles. The van der Waals surface area contributed by atoms with Crippen molar-refractivity contribution in [3.05, 3.63) is 48.0 Å². The fourth-order valence-corrected chi connectivity index (χ4v) is 3.56. The van der Waals surface area contributed by atoms with Crippen LogP contribution in [0.15, 0.2) is 47.5 Å². The SMILES string of the molecule is CCCOc1ccc(CNC(=NC)N2CCN(c3ccccc3O)CC2)cc1OC. The van der Waals surface area contributed by atoms with Crippen molar-refractivity contribution >= 4 is 11.6 Å². The number of nitrogens with one attached hydrogen (secondary N) is 1. The molecule has 162 valence electrons. The van der Waals surface area contributed by atoms with Crippen molar-refractivity contribution in [3.63, 3.8) is 0 Å². The van der Waals surface area contributed by atoms with Crippen LogP contribution in [0.4, 0.5) is 5.69 Å². The summed E-state index contributed by atoms with van der Waals surface area (Å²) < 4.78 is 11.2. The zero-order valence-corrected chi connectivity index (χ0v) is 18.1. The van der Waals surface area contributed by atoms with Gasteiger partial charge in [-0.2, -0.15) is 0 Å². The molecule has 3 rings (SSSR count). The number of phenols is 1. The maximum atomic E-state index is 10.1. The van der Waals surface area contributed by atoms with E-state index in [9.17, 15) is 5.11 Å². The summed E-state index contributed by atoms with van der Waals surface area (Å²) in [5.41, 5.74) is 1.99. The van der Waals surface area contributed by atoms with Crippen LogP contribution in [0.5, 0.6) is 17.2 Å². The van der Waals surface area contributed by atoms with Gasteiger partial charge in [-0.05, 0) is 36.2 Å². The largest absolute Gasteiger partial charge is 0.506 e. The van der Waals surface area contributed by atoms with Crippen molar-refractivity contribution in [1.29, 1.82) is 0 Å². The molecule has 0 radical (unpaired) electrons. The molecule has 7 nitrogen and oxygen atoms in total. The Bertz CT molecular complexity index is 848. The maximum Gasteiger partial charge on any atom is 0.194 e. The Morgan fingerprint density at radius 1 is 1.10 bits per heavy atom. The number of phenolic OH excluding ortho intramolecular Hbond substituents is 1. The summed E-state index contributed by atoms with van der Waals surface area (Å²) in [5.74, 6) is 2.72. The molecule has 30 heavy (non-hydrogen) atoms. The Hall–Kier alpha value is -3.09. The molecule has 7 heteroatoms. The minimum Gasteiger partial charge on any atom is -0.506 e. The summed E-state index contributed by atoms with van der Waals surface area (Å²) in [7, 11) is 3.47. The molecular formula is C23H32N4O3. The van der Waals surface area contributed by atoms with Gasteiger partial charge in [-0.25, -0.2) is 0 Å². The summed E-state index contributed by atoms with van der Waals surface area (Å²) in [5, 5.41) is 13.5. The Kier molecular flexibility index (Phi) is 7.65. The van der Waals surface area contributed by atoms with E-state index in [1.54, 1.807) is 20.2 Å². The van der Waals surface area contributed by atoms with E-state index in [-0.39, 0.29) is 0 Å². The van der Waals surface area contributed by atoms with E-state index < -0.39 is 0 Å². The van der Waals surface area contributed by atoms with Gasteiger partial charge in [0.15, 0.2) is 17.5 Å². The molecule has 0 bridgehead atoms. The highest BCUT2D eigenvalue weighted by Gasteiger charge is 2.21. The first-order chi connectivity index (χ1) is 14.7. The lowest BCUT2D eigenvalue weighted by Crippen LogP contribution is -2.52. The van der Waals surface area contributed by atoms with Crippen molar-refractivity contribution in [2.24, 2.45) is 4.99 Å². The van der Waals surface area contributed by atoms with E-state index in [4.69, 9.17) is 9.47 Å². The lowest BCUT2D eigenvalue weighted by molar-refractivity contribution is 0.294. The first kappa shape index (κ1) is 21.6. The van der Waals surface area contributed by atoms with Crippen molar-refractivity contribution in [2.45, 2.75) is 19.9 Å². The molecule has 2 aromatic rings. The second-order valence-electron chi connectivity index (χ2n) is 7.20. The molecule has 2 aromatic carbocycles. The first-order valence-corrected chi connectivity index (χ1v) is 10.4. The van der Waals surface area contributed by atoms with Crippen LogP contribution in [0.2, 0.25) is 0 Å². The van der Waals surface area contributed by atoms with Gasteiger partial charge in [0.05, 0.1) is 19.4 Å². The fraction of sp³-hybridized carbons (Fsp3) is 0.435. The van der Waals surface area contributed by atoms with E-state index in [0.29, 0.717) is 18.9 Å². The topological polar surface area (TPSA) is 69.6 Å². The molecular weight excluding hydrogens is 380 g/mol. The monoisotopic (exact) mass is 412 g/mol. The summed E-state index contributed by atoms with van der Waals surface area (Å²) >= 11 is 0. The van der Waals surface area contributed by atoms with Crippen LogP contribution in [0.25, 0.3) is 0 Å². The van der Waals surface area contributed by atoms with Gasteiger partial charge in [-0.1, -0.05) is 25.1 Å². The van der Waals surface area contributed by atoms with Gasteiger partial charge < -0.3 is 29.7 Å². The van der Waals surface area contributed by atoms with Crippen molar-refractivity contribution in [1.82, 2.24) is 10.2 Å². The number of benzene rings is 2. The number of nitrogens with zero attached hydrogens (tertiary/aromatic N) is 3. The number of hydrogen-bond donors (Lipinski definition) is 2. The van der Waals surface area contributed by atoms with Crippen LogP contribution < -0.4 is 19.7 Å². The summed E-state index contributed by atoms with van der Waals surface area (Å²) in [6.07, 6.45) is 0.958. The highest BCUT2D eigenvalue weighted by molar-refractivity contribution is 5.80. The molecule has 0 saturated carbocycles. The van der Waals surface area contributed by atoms with Gasteiger partial charge in [-0.3, -0.25) is 4.99 Å². The molecule has 0 spiro atoms. The third-order valence-corrected chi connectivity index (χ3v) is 5.15. The molecule has 1 fully saturated rings. The quantitative estimate of drug-likeness (QED) is 0.538. The average Bonchev–Trinajstić information content (AvgIpc) is 2.79. The van der Waals surface area contributed by atoms with Crippen molar-refractivity contribution in [3.8, 4) is 17.2 Å². The lowest BCUT2D eigenvalue weighted by atomic mass is 10.2. The third kappa shape index (κ3) is 5.28. The molecule has 0 unspecified atom stereocenters. The lowest BCUT2D eigenvalue weighted by Gasteiger charge is -2.37. The van der Waals surface area contributed by atoms with Crippen LogP contribution in [0.1, 0.15) is 18.9 Å². The normalized spacial score (nSPS) is 14.6. The number of aromatic hydroxyl groups is 1. The summed E-state index contributed by atoms with van der Waals surface area (Å²) in [6.45, 7) is 6.73. The highest BCUT2D eigenvalue weighted by Crippen LogP contribution is 2.29. The Labute approximate surface area is 178 Å². The molecule has 0 aromatic heterocycles. The maximum absolute atomic E-state index is 10.1. The second kappa shape index (κ2) is 10.6. The molecule has 0 atom stereocenters. The number of anilines is 1. The molecule has 1 saturated heterocycles. The predicted octanol–water partition coefficient (Wildman–Crippen LogP) is 3.09. The Morgan fingerprint density at radius 2 is 1.87 bits per heavy atom. The van der Waals surface area contributed by atoms with Gasteiger partial charge >= 0.3 is 0 Å². The predicted molar refractivity (Wildman–Crippen MR) is 121 cm³/mol. The zero-order chi connectivity index (χ0) is 21.3. The number of rotatable bonds is 7. The van der Waals surface area contributed by atoms with E-state index in [2.05, 4.69) is 27.0 Å². The highest BCUT2D eigenvalue weighted by atomic mass is 16.5. The average molecular weight is 413 g/mol. The molecule has 0 amide bonds. The van der Waals surface area contributed by atoms with Crippen molar-refractivity contribution in [2.75, 3.05) is 51.8 Å². The number of para-hydroxylation sites is 2. The van der Waals surface area contributed by atoms with Gasteiger partial charge in [0.2, 0.25) is 0 Å². The standard InChI is InChI=1S/C23H32N4O3/c1-4-15-30-21-10-9-18(16-22(21)29-3)17-25-23(24-2)27-13-11-26(12-14-27)19-7-5-6-8-20(19)28/h5-10,16,28H,4,11-15,17H2,1-3H3,(H,24,25). The Morgan fingerprint density at radius 3 is 2.53 bits per heavy atom. The number of aliphatic imine (C=N–C) groups is 1. The Balaban J connectivity index is 1.56. The molecule has 1 aliphatic rings. The first-order valence-electron chi connectivity index (χ1n) is 10.4.